The Hall–Kier alpha value is -1.95. The van der Waals surface area contributed by atoms with Crippen LogP contribution in [0.2, 0.25) is 0 Å². The van der Waals surface area contributed by atoms with Crippen LogP contribution in [0.15, 0.2) is 24.3 Å². The summed E-state index contributed by atoms with van der Waals surface area (Å²) in [6.45, 7) is 3.07. The van der Waals surface area contributed by atoms with Gasteiger partial charge in [0.25, 0.3) is 0 Å². The van der Waals surface area contributed by atoms with Crippen molar-refractivity contribution in [3.63, 3.8) is 0 Å². The maximum absolute atomic E-state index is 13.1. The van der Waals surface area contributed by atoms with Crippen LogP contribution in [0.4, 0.5) is 4.39 Å². The number of rotatable bonds is 4. The third-order valence-electron chi connectivity index (χ3n) is 4.86. The monoisotopic (exact) mass is 319 g/mol. The van der Waals surface area contributed by atoms with Gasteiger partial charge in [0.15, 0.2) is 0 Å². The lowest BCUT2D eigenvalue weighted by Gasteiger charge is -2.36. The number of piperazine rings is 1. The van der Waals surface area contributed by atoms with E-state index in [1.165, 1.54) is 12.1 Å². The molecule has 1 heterocycles. The molecule has 2 fully saturated rings. The lowest BCUT2D eigenvalue weighted by molar-refractivity contribution is -0.136. The van der Waals surface area contributed by atoms with Crippen LogP contribution in [0.3, 0.4) is 0 Å². The van der Waals surface area contributed by atoms with Crippen molar-refractivity contribution >= 4 is 11.8 Å². The fourth-order valence-corrected chi connectivity index (χ4v) is 3.21. The molecule has 0 unspecified atom stereocenters. The van der Waals surface area contributed by atoms with Gasteiger partial charge in [-0.15, -0.1) is 0 Å². The third-order valence-corrected chi connectivity index (χ3v) is 4.86. The maximum atomic E-state index is 13.1. The smallest absolute Gasteiger partial charge is 0.233 e. The van der Waals surface area contributed by atoms with Crippen molar-refractivity contribution in [1.82, 2.24) is 15.1 Å². The first-order valence-corrected chi connectivity index (χ1v) is 8.03. The number of carbonyl (C=O) groups excluding carboxylic acids is 2. The first kappa shape index (κ1) is 15.9. The van der Waals surface area contributed by atoms with Crippen molar-refractivity contribution in [3.8, 4) is 0 Å². The van der Waals surface area contributed by atoms with Crippen molar-refractivity contribution < 1.29 is 14.0 Å². The standard InChI is InChI=1S/C17H22FN3O2/c1-19-15(22)12-20-8-10-21(11-9-20)16(23)17(6-7-17)13-2-4-14(18)5-3-13/h2-5H,6-12H2,1H3,(H,19,22). The van der Waals surface area contributed by atoms with E-state index in [1.54, 1.807) is 19.2 Å². The summed E-state index contributed by atoms with van der Waals surface area (Å²) in [7, 11) is 1.63. The molecule has 1 saturated heterocycles. The Bertz CT molecular complexity index is 590. The fourth-order valence-electron chi connectivity index (χ4n) is 3.21. The summed E-state index contributed by atoms with van der Waals surface area (Å²) in [5.41, 5.74) is 0.466. The highest BCUT2D eigenvalue weighted by Gasteiger charge is 2.53. The molecule has 1 N–H and O–H groups in total. The van der Waals surface area contributed by atoms with Crippen LogP contribution in [0.1, 0.15) is 18.4 Å². The number of carbonyl (C=O) groups is 2. The van der Waals surface area contributed by atoms with Gasteiger partial charge in [-0.25, -0.2) is 4.39 Å². The minimum Gasteiger partial charge on any atom is -0.358 e. The second-order valence-corrected chi connectivity index (χ2v) is 6.33. The average molecular weight is 319 g/mol. The number of nitrogens with zero attached hydrogens (tertiary/aromatic N) is 2. The van der Waals surface area contributed by atoms with Crippen LogP contribution in [0.25, 0.3) is 0 Å². The minimum atomic E-state index is -0.448. The quantitative estimate of drug-likeness (QED) is 0.891. The predicted molar refractivity (Wildman–Crippen MR) is 84.4 cm³/mol. The molecule has 0 spiro atoms. The molecular formula is C17H22FN3O2. The summed E-state index contributed by atoms with van der Waals surface area (Å²) in [4.78, 5) is 28.2. The van der Waals surface area contributed by atoms with Gasteiger partial charge in [-0.1, -0.05) is 12.1 Å². The summed E-state index contributed by atoms with van der Waals surface area (Å²) in [6, 6.07) is 6.29. The van der Waals surface area contributed by atoms with Crippen molar-refractivity contribution in [3.05, 3.63) is 35.6 Å². The van der Waals surface area contributed by atoms with E-state index in [9.17, 15) is 14.0 Å². The first-order valence-electron chi connectivity index (χ1n) is 8.03. The summed E-state index contributed by atoms with van der Waals surface area (Å²) >= 11 is 0. The molecule has 2 aliphatic rings. The van der Waals surface area contributed by atoms with Gasteiger partial charge >= 0.3 is 0 Å². The van der Waals surface area contributed by atoms with Gasteiger partial charge in [0.2, 0.25) is 11.8 Å². The number of benzene rings is 1. The summed E-state index contributed by atoms with van der Waals surface area (Å²) in [5.74, 6) is -0.140. The highest BCUT2D eigenvalue weighted by molar-refractivity contribution is 5.91. The lowest BCUT2D eigenvalue weighted by Crippen LogP contribution is -2.53. The molecule has 5 nitrogen and oxygen atoms in total. The van der Waals surface area contributed by atoms with E-state index in [2.05, 4.69) is 10.2 Å². The Morgan fingerprint density at radius 3 is 2.26 bits per heavy atom. The molecule has 1 aliphatic heterocycles. The van der Waals surface area contributed by atoms with E-state index in [1.807, 2.05) is 4.90 Å². The molecule has 1 saturated carbocycles. The largest absolute Gasteiger partial charge is 0.358 e. The Morgan fingerprint density at radius 2 is 1.74 bits per heavy atom. The zero-order valence-corrected chi connectivity index (χ0v) is 13.3. The van der Waals surface area contributed by atoms with E-state index in [-0.39, 0.29) is 17.6 Å². The van der Waals surface area contributed by atoms with Gasteiger partial charge in [-0.2, -0.15) is 0 Å². The number of amides is 2. The number of likely N-dealkylation sites (N-methyl/N-ethyl adjacent to an activating group) is 1. The van der Waals surface area contributed by atoms with E-state index >= 15 is 0 Å². The lowest BCUT2D eigenvalue weighted by atomic mass is 9.94. The molecule has 1 aliphatic carbocycles. The highest BCUT2D eigenvalue weighted by atomic mass is 19.1. The second kappa shape index (κ2) is 6.28. The summed E-state index contributed by atoms with van der Waals surface area (Å²) in [5, 5.41) is 2.61. The van der Waals surface area contributed by atoms with Gasteiger partial charge in [0.1, 0.15) is 5.82 Å². The van der Waals surface area contributed by atoms with Crippen LogP contribution >= 0.6 is 0 Å². The van der Waals surface area contributed by atoms with Gasteiger partial charge in [0, 0.05) is 33.2 Å². The molecule has 3 rings (SSSR count). The topological polar surface area (TPSA) is 52.7 Å². The van der Waals surface area contributed by atoms with E-state index in [0.717, 1.165) is 18.4 Å². The molecule has 0 radical (unpaired) electrons. The predicted octanol–water partition coefficient (Wildman–Crippen LogP) is 0.748. The molecule has 124 valence electrons. The molecule has 0 atom stereocenters. The van der Waals surface area contributed by atoms with E-state index in [4.69, 9.17) is 0 Å². The Balaban J connectivity index is 1.61. The molecule has 23 heavy (non-hydrogen) atoms. The Labute approximate surface area is 135 Å². The van der Waals surface area contributed by atoms with Crippen LogP contribution < -0.4 is 5.32 Å². The number of nitrogens with one attached hydrogen (secondary N) is 1. The van der Waals surface area contributed by atoms with Crippen molar-refractivity contribution in [2.24, 2.45) is 0 Å². The second-order valence-electron chi connectivity index (χ2n) is 6.33. The van der Waals surface area contributed by atoms with Crippen molar-refractivity contribution in [1.29, 1.82) is 0 Å². The van der Waals surface area contributed by atoms with Crippen LogP contribution in [-0.2, 0) is 15.0 Å². The summed E-state index contributed by atoms with van der Waals surface area (Å²) < 4.78 is 13.1. The van der Waals surface area contributed by atoms with Gasteiger partial charge in [0.05, 0.1) is 12.0 Å². The normalized spacial score (nSPS) is 20.2. The van der Waals surface area contributed by atoms with Crippen LogP contribution in [0.5, 0.6) is 0 Å². The summed E-state index contributed by atoms with van der Waals surface area (Å²) in [6.07, 6.45) is 1.66. The third kappa shape index (κ3) is 3.22. The average Bonchev–Trinajstić information content (AvgIpc) is 3.37. The maximum Gasteiger partial charge on any atom is 0.233 e. The van der Waals surface area contributed by atoms with Crippen molar-refractivity contribution in [2.75, 3.05) is 39.8 Å². The zero-order chi connectivity index (χ0) is 16.4. The van der Waals surface area contributed by atoms with Crippen molar-refractivity contribution in [2.45, 2.75) is 18.3 Å². The Morgan fingerprint density at radius 1 is 1.13 bits per heavy atom. The Kier molecular flexibility index (Phi) is 4.35. The van der Waals surface area contributed by atoms with Gasteiger partial charge < -0.3 is 10.2 Å². The highest BCUT2D eigenvalue weighted by Crippen LogP contribution is 2.49. The molecule has 0 bridgehead atoms. The van der Waals surface area contributed by atoms with Gasteiger partial charge in [-0.05, 0) is 30.5 Å². The first-order chi connectivity index (χ1) is 11.0. The van der Waals surface area contributed by atoms with E-state index in [0.29, 0.717) is 32.7 Å². The molecule has 0 aromatic heterocycles. The van der Waals surface area contributed by atoms with Crippen LogP contribution in [0, 0.1) is 5.82 Å². The number of hydrogen-bond acceptors (Lipinski definition) is 3. The molecule has 1 aromatic rings. The fraction of sp³-hybridized carbons (Fsp3) is 0.529. The minimum absolute atomic E-state index is 0.00486. The molecule has 2 amide bonds. The van der Waals surface area contributed by atoms with Gasteiger partial charge in [-0.3, -0.25) is 14.5 Å². The van der Waals surface area contributed by atoms with Crippen LogP contribution in [-0.4, -0.2) is 61.4 Å². The SMILES string of the molecule is CNC(=O)CN1CCN(C(=O)C2(c3ccc(F)cc3)CC2)CC1. The molecule has 6 heteroatoms. The molecular weight excluding hydrogens is 297 g/mol. The number of halogens is 1. The molecule has 1 aromatic carbocycles. The number of hydrogen-bond donors (Lipinski definition) is 1. The van der Waals surface area contributed by atoms with E-state index < -0.39 is 5.41 Å². The zero-order valence-electron chi connectivity index (χ0n) is 13.3.